The van der Waals surface area contributed by atoms with Crippen LogP contribution in [0.2, 0.25) is 0 Å². The lowest BCUT2D eigenvalue weighted by atomic mass is 10.2. The highest BCUT2D eigenvalue weighted by atomic mass is 16.2. The topological polar surface area (TPSA) is 67.2 Å². The number of rotatable bonds is 5. The zero-order chi connectivity index (χ0) is 17.8. The summed E-state index contributed by atoms with van der Waals surface area (Å²) in [5.41, 5.74) is 2.76. The third-order valence-electron chi connectivity index (χ3n) is 4.56. The van der Waals surface area contributed by atoms with Gasteiger partial charge in [0.2, 0.25) is 11.8 Å². The Morgan fingerprint density at radius 3 is 2.68 bits per heavy atom. The number of carbonyl (C=O) groups is 2. The highest BCUT2D eigenvalue weighted by Gasteiger charge is 2.33. The molecule has 132 valence electrons. The maximum atomic E-state index is 12.6. The van der Waals surface area contributed by atoms with Gasteiger partial charge >= 0.3 is 0 Å². The molecule has 2 amide bonds. The summed E-state index contributed by atoms with van der Waals surface area (Å²) in [5, 5.41) is 7.29. The third-order valence-corrected chi connectivity index (χ3v) is 4.56. The van der Waals surface area contributed by atoms with E-state index in [-0.39, 0.29) is 17.9 Å². The fraction of sp³-hybridized carbons (Fsp3) is 0.421. The number of likely N-dealkylation sites (tertiary alicyclic amines) is 1. The summed E-state index contributed by atoms with van der Waals surface area (Å²) in [6.45, 7) is 5.11. The van der Waals surface area contributed by atoms with Gasteiger partial charge in [-0.25, -0.2) is 0 Å². The van der Waals surface area contributed by atoms with Crippen molar-refractivity contribution in [1.29, 1.82) is 0 Å². The molecule has 1 fully saturated rings. The van der Waals surface area contributed by atoms with Crippen LogP contribution in [0.25, 0.3) is 0 Å². The van der Waals surface area contributed by atoms with Crippen molar-refractivity contribution < 1.29 is 9.59 Å². The molecule has 6 heteroatoms. The van der Waals surface area contributed by atoms with Crippen molar-refractivity contribution in [2.75, 3.05) is 11.9 Å². The average molecular weight is 340 g/mol. The first kappa shape index (κ1) is 17.2. The van der Waals surface area contributed by atoms with Gasteiger partial charge in [-0.15, -0.1) is 0 Å². The van der Waals surface area contributed by atoms with E-state index >= 15 is 0 Å². The summed E-state index contributed by atoms with van der Waals surface area (Å²) < 4.78 is 1.85. The van der Waals surface area contributed by atoms with Gasteiger partial charge in [-0.2, -0.15) is 5.10 Å². The Bertz CT molecular complexity index is 754. The van der Waals surface area contributed by atoms with Crippen LogP contribution in [0.1, 0.15) is 30.7 Å². The molecule has 0 spiro atoms. The summed E-state index contributed by atoms with van der Waals surface area (Å²) in [7, 11) is 0. The third kappa shape index (κ3) is 4.07. The van der Waals surface area contributed by atoms with Crippen molar-refractivity contribution in [1.82, 2.24) is 14.7 Å². The molecule has 0 aliphatic carbocycles. The Kier molecular flexibility index (Phi) is 5.16. The van der Waals surface area contributed by atoms with E-state index in [0.29, 0.717) is 25.9 Å². The van der Waals surface area contributed by atoms with Gasteiger partial charge in [0.1, 0.15) is 6.04 Å². The Balaban J connectivity index is 1.59. The number of hydrogen-bond donors (Lipinski definition) is 1. The van der Waals surface area contributed by atoms with E-state index in [1.165, 1.54) is 0 Å². The first-order valence-electron chi connectivity index (χ1n) is 8.71. The van der Waals surface area contributed by atoms with Crippen LogP contribution in [0.5, 0.6) is 0 Å². The number of hydrogen-bond acceptors (Lipinski definition) is 3. The van der Waals surface area contributed by atoms with Crippen LogP contribution in [0.15, 0.2) is 36.4 Å². The fourth-order valence-corrected chi connectivity index (χ4v) is 3.33. The lowest BCUT2D eigenvalue weighted by molar-refractivity contribution is -0.136. The number of para-hydroxylation sites is 1. The zero-order valence-electron chi connectivity index (χ0n) is 14.7. The molecule has 25 heavy (non-hydrogen) atoms. The number of nitrogens with one attached hydrogen (secondary N) is 1. The maximum absolute atomic E-state index is 12.6. The van der Waals surface area contributed by atoms with Gasteiger partial charge in [0.05, 0.1) is 5.69 Å². The molecule has 0 bridgehead atoms. The largest absolute Gasteiger partial charge is 0.331 e. The van der Waals surface area contributed by atoms with Gasteiger partial charge in [0.25, 0.3) is 0 Å². The van der Waals surface area contributed by atoms with Crippen LogP contribution >= 0.6 is 0 Å². The van der Waals surface area contributed by atoms with Crippen LogP contribution in [-0.4, -0.2) is 39.1 Å². The number of benzene rings is 1. The number of nitrogens with zero attached hydrogens (tertiary/aromatic N) is 3. The first-order valence-corrected chi connectivity index (χ1v) is 8.71. The fourth-order valence-electron chi connectivity index (χ4n) is 3.33. The van der Waals surface area contributed by atoms with Crippen molar-refractivity contribution in [3.05, 3.63) is 47.8 Å². The highest BCUT2D eigenvalue weighted by Crippen LogP contribution is 2.20. The number of amides is 2. The average Bonchev–Trinajstić information content (AvgIpc) is 3.20. The van der Waals surface area contributed by atoms with Crippen molar-refractivity contribution in [3.8, 4) is 0 Å². The summed E-state index contributed by atoms with van der Waals surface area (Å²) in [4.78, 5) is 26.9. The minimum absolute atomic E-state index is 0.0123. The molecule has 1 N–H and O–H groups in total. The molecule has 0 radical (unpaired) electrons. The Labute approximate surface area is 147 Å². The van der Waals surface area contributed by atoms with Gasteiger partial charge in [0, 0.05) is 30.9 Å². The van der Waals surface area contributed by atoms with E-state index < -0.39 is 0 Å². The second-order valence-electron chi connectivity index (χ2n) is 6.50. The maximum Gasteiger partial charge on any atom is 0.247 e. The number of carbonyl (C=O) groups excluding carboxylic acids is 2. The summed E-state index contributed by atoms with van der Waals surface area (Å²) in [6, 6.07) is 11.0. The smallest absolute Gasteiger partial charge is 0.247 e. The summed E-state index contributed by atoms with van der Waals surface area (Å²) >= 11 is 0. The monoisotopic (exact) mass is 340 g/mol. The molecule has 1 atom stereocenters. The first-order chi connectivity index (χ1) is 12.0. The van der Waals surface area contributed by atoms with Gasteiger partial charge in [-0.1, -0.05) is 18.2 Å². The molecule has 1 aromatic heterocycles. The van der Waals surface area contributed by atoms with Crippen LogP contribution in [0, 0.1) is 13.8 Å². The van der Waals surface area contributed by atoms with Crippen molar-refractivity contribution in [2.45, 2.75) is 45.7 Å². The van der Waals surface area contributed by atoms with Gasteiger partial charge in [0.15, 0.2) is 0 Å². The van der Waals surface area contributed by atoms with Crippen molar-refractivity contribution in [3.63, 3.8) is 0 Å². The second kappa shape index (κ2) is 7.51. The molecule has 1 aliphatic heterocycles. The quantitative estimate of drug-likeness (QED) is 0.909. The zero-order valence-corrected chi connectivity index (χ0v) is 14.7. The molecule has 2 heterocycles. The SMILES string of the molecule is Cc1cc(C)n(CCC(=O)N2CCCC2C(=O)Nc2ccccc2)n1. The summed E-state index contributed by atoms with van der Waals surface area (Å²) in [5.74, 6) is -0.0959. The highest BCUT2D eigenvalue weighted by molar-refractivity contribution is 5.97. The van der Waals surface area contributed by atoms with Crippen LogP contribution in [0.3, 0.4) is 0 Å². The minimum atomic E-state index is -0.381. The number of anilines is 1. The molecule has 2 aromatic rings. The molecule has 1 aliphatic rings. The predicted octanol–water partition coefficient (Wildman–Crippen LogP) is 2.52. The Hall–Kier alpha value is -2.63. The van der Waals surface area contributed by atoms with E-state index in [1.54, 1.807) is 4.90 Å². The molecule has 1 saturated heterocycles. The normalized spacial score (nSPS) is 16.9. The van der Waals surface area contributed by atoms with E-state index in [2.05, 4.69) is 10.4 Å². The Morgan fingerprint density at radius 1 is 1.24 bits per heavy atom. The molecule has 3 rings (SSSR count). The standard InChI is InChI=1S/C19H24N4O2/c1-14-13-15(2)23(21-14)12-10-18(24)22-11-6-9-17(22)19(25)20-16-7-4-3-5-8-16/h3-5,7-8,13,17H,6,9-12H2,1-2H3,(H,20,25). The lowest BCUT2D eigenvalue weighted by Crippen LogP contribution is -2.43. The van der Waals surface area contributed by atoms with Crippen molar-refractivity contribution >= 4 is 17.5 Å². The van der Waals surface area contributed by atoms with E-state index in [0.717, 1.165) is 23.5 Å². The molecular weight excluding hydrogens is 316 g/mol. The van der Waals surface area contributed by atoms with E-state index in [1.807, 2.05) is 54.9 Å². The van der Waals surface area contributed by atoms with Gasteiger partial charge < -0.3 is 10.2 Å². The van der Waals surface area contributed by atoms with Crippen LogP contribution < -0.4 is 5.32 Å². The Morgan fingerprint density at radius 2 is 2.00 bits per heavy atom. The molecule has 6 nitrogen and oxygen atoms in total. The van der Waals surface area contributed by atoms with Crippen molar-refractivity contribution in [2.24, 2.45) is 0 Å². The number of aromatic nitrogens is 2. The molecule has 1 aromatic carbocycles. The minimum Gasteiger partial charge on any atom is -0.331 e. The molecule has 0 saturated carbocycles. The summed E-state index contributed by atoms with van der Waals surface area (Å²) in [6.07, 6.45) is 1.93. The second-order valence-corrected chi connectivity index (χ2v) is 6.50. The van der Waals surface area contributed by atoms with E-state index in [9.17, 15) is 9.59 Å². The molecular formula is C19H24N4O2. The van der Waals surface area contributed by atoms with Gasteiger partial charge in [-0.3, -0.25) is 14.3 Å². The number of aryl methyl sites for hydroxylation is 3. The lowest BCUT2D eigenvalue weighted by Gasteiger charge is -2.24. The van der Waals surface area contributed by atoms with Crippen LogP contribution in [-0.2, 0) is 16.1 Å². The predicted molar refractivity (Wildman–Crippen MR) is 96.1 cm³/mol. The van der Waals surface area contributed by atoms with E-state index in [4.69, 9.17) is 0 Å². The van der Waals surface area contributed by atoms with Gasteiger partial charge in [-0.05, 0) is 44.9 Å². The van der Waals surface area contributed by atoms with Crippen LogP contribution in [0.4, 0.5) is 5.69 Å². The molecule has 1 unspecified atom stereocenters.